The number of amides is 1. The maximum atomic E-state index is 11.7. The maximum Gasteiger partial charge on any atom is 0.253 e. The average molecular weight is 231 g/mol. The van der Waals surface area contributed by atoms with Gasteiger partial charge in [0.1, 0.15) is 11.3 Å². The number of para-hydroxylation sites is 1. The Balaban J connectivity index is 2.65. The first-order valence-electron chi connectivity index (χ1n) is 5.65. The number of aromatic nitrogens is 2. The molecule has 4 nitrogen and oxygen atoms in total. The summed E-state index contributed by atoms with van der Waals surface area (Å²) < 4.78 is 0. The number of nitrogens with one attached hydrogen (secondary N) is 2. The van der Waals surface area contributed by atoms with Crippen LogP contribution in [0.1, 0.15) is 37.0 Å². The Hall–Kier alpha value is -1.84. The number of H-pyrrole nitrogens is 1. The number of aromatic amines is 1. The highest BCUT2D eigenvalue weighted by Gasteiger charge is 2.20. The molecule has 0 atom stereocenters. The molecule has 90 valence electrons. The number of hydrogen-bond donors (Lipinski definition) is 2. The van der Waals surface area contributed by atoms with Crippen molar-refractivity contribution in [2.24, 2.45) is 0 Å². The minimum Gasteiger partial charge on any atom is -0.355 e. The van der Waals surface area contributed by atoms with Crippen LogP contribution in [-0.2, 0) is 5.41 Å². The quantitative estimate of drug-likeness (QED) is 0.790. The lowest BCUT2D eigenvalue weighted by molar-refractivity contribution is 0.0964. The Labute approximate surface area is 100 Å². The molecule has 0 saturated carbocycles. The van der Waals surface area contributed by atoms with Crippen molar-refractivity contribution in [1.82, 2.24) is 15.3 Å². The number of imidazole rings is 1. The van der Waals surface area contributed by atoms with Crippen LogP contribution in [-0.4, -0.2) is 22.9 Å². The van der Waals surface area contributed by atoms with E-state index >= 15 is 0 Å². The van der Waals surface area contributed by atoms with Crippen LogP contribution in [0.4, 0.5) is 0 Å². The number of fused-ring (bicyclic) bond motifs is 1. The van der Waals surface area contributed by atoms with E-state index in [4.69, 9.17) is 0 Å². The Bertz CT molecular complexity index is 564. The zero-order valence-corrected chi connectivity index (χ0v) is 10.6. The summed E-state index contributed by atoms with van der Waals surface area (Å²) in [5.74, 6) is 0.784. The molecule has 0 bridgehead atoms. The maximum absolute atomic E-state index is 11.7. The standard InChI is InChI=1S/C13H17N3O/c1-13(2,3)12-15-9-7-5-6-8(10(9)16-12)11(17)14-4/h5-7H,1-4H3,(H,14,17)(H,15,16). The number of nitrogens with zero attached hydrogens (tertiary/aromatic N) is 1. The smallest absolute Gasteiger partial charge is 0.253 e. The lowest BCUT2D eigenvalue weighted by atomic mass is 9.96. The van der Waals surface area contributed by atoms with Gasteiger partial charge in [-0.15, -0.1) is 0 Å². The zero-order valence-electron chi connectivity index (χ0n) is 10.6. The number of hydrogen-bond acceptors (Lipinski definition) is 2. The third-order valence-corrected chi connectivity index (χ3v) is 2.69. The first kappa shape index (κ1) is 11.6. The van der Waals surface area contributed by atoms with E-state index in [1.807, 2.05) is 12.1 Å². The molecule has 0 unspecified atom stereocenters. The molecule has 1 aromatic heterocycles. The lowest BCUT2D eigenvalue weighted by Gasteiger charge is -2.13. The largest absolute Gasteiger partial charge is 0.355 e. The summed E-state index contributed by atoms with van der Waals surface area (Å²) in [6.45, 7) is 6.26. The molecule has 1 amide bonds. The van der Waals surface area contributed by atoms with Crippen LogP contribution in [0.2, 0.25) is 0 Å². The molecule has 2 rings (SSSR count). The molecule has 0 radical (unpaired) electrons. The number of carbonyl (C=O) groups is 1. The molecule has 2 aromatic rings. The van der Waals surface area contributed by atoms with E-state index in [0.717, 1.165) is 16.9 Å². The highest BCUT2D eigenvalue weighted by atomic mass is 16.1. The molecule has 0 saturated heterocycles. The SMILES string of the molecule is CNC(=O)c1cccc2[nH]c(C(C)(C)C)nc12. The summed E-state index contributed by atoms with van der Waals surface area (Å²) in [7, 11) is 1.62. The van der Waals surface area contributed by atoms with E-state index in [1.54, 1.807) is 13.1 Å². The van der Waals surface area contributed by atoms with E-state index in [1.165, 1.54) is 0 Å². The van der Waals surface area contributed by atoms with Crippen LogP contribution in [0.5, 0.6) is 0 Å². The molecule has 0 spiro atoms. The predicted octanol–water partition coefficient (Wildman–Crippen LogP) is 2.22. The van der Waals surface area contributed by atoms with Crippen molar-refractivity contribution in [3.8, 4) is 0 Å². The van der Waals surface area contributed by atoms with E-state index in [0.29, 0.717) is 5.56 Å². The second-order valence-corrected chi connectivity index (χ2v) is 5.12. The van der Waals surface area contributed by atoms with Crippen molar-refractivity contribution in [2.75, 3.05) is 7.05 Å². The van der Waals surface area contributed by atoms with Crippen LogP contribution in [0.15, 0.2) is 18.2 Å². The molecule has 0 aliphatic heterocycles. The number of rotatable bonds is 1. The van der Waals surface area contributed by atoms with Crippen molar-refractivity contribution in [3.05, 3.63) is 29.6 Å². The van der Waals surface area contributed by atoms with E-state index in [9.17, 15) is 4.79 Å². The molecular weight excluding hydrogens is 214 g/mol. The van der Waals surface area contributed by atoms with Gasteiger partial charge in [-0.05, 0) is 12.1 Å². The fraction of sp³-hybridized carbons (Fsp3) is 0.385. The second kappa shape index (κ2) is 3.87. The van der Waals surface area contributed by atoms with E-state index in [2.05, 4.69) is 36.1 Å². The van der Waals surface area contributed by atoms with Gasteiger partial charge in [0, 0.05) is 12.5 Å². The van der Waals surface area contributed by atoms with Crippen LogP contribution in [0, 0.1) is 0 Å². The summed E-state index contributed by atoms with van der Waals surface area (Å²) in [6.07, 6.45) is 0. The summed E-state index contributed by atoms with van der Waals surface area (Å²) in [5, 5.41) is 2.63. The van der Waals surface area contributed by atoms with Crippen molar-refractivity contribution in [3.63, 3.8) is 0 Å². The Kier molecular flexibility index (Phi) is 2.65. The molecular formula is C13H17N3O. The highest BCUT2D eigenvalue weighted by Crippen LogP contribution is 2.24. The molecule has 1 heterocycles. The average Bonchev–Trinajstić information content (AvgIpc) is 2.71. The van der Waals surface area contributed by atoms with Gasteiger partial charge in [0.15, 0.2) is 0 Å². The molecule has 0 fully saturated rings. The normalized spacial score (nSPS) is 11.8. The fourth-order valence-corrected chi connectivity index (χ4v) is 1.71. The van der Waals surface area contributed by atoms with Crippen molar-refractivity contribution >= 4 is 16.9 Å². The van der Waals surface area contributed by atoms with Crippen LogP contribution < -0.4 is 5.32 Å². The van der Waals surface area contributed by atoms with E-state index in [-0.39, 0.29) is 11.3 Å². The fourth-order valence-electron chi connectivity index (χ4n) is 1.71. The topological polar surface area (TPSA) is 57.8 Å². The van der Waals surface area contributed by atoms with Crippen molar-refractivity contribution in [2.45, 2.75) is 26.2 Å². The Morgan fingerprint density at radius 1 is 1.35 bits per heavy atom. The minimum absolute atomic E-state index is 0.0566. The van der Waals surface area contributed by atoms with Crippen molar-refractivity contribution in [1.29, 1.82) is 0 Å². The van der Waals surface area contributed by atoms with Gasteiger partial charge in [-0.3, -0.25) is 4.79 Å². The molecule has 0 aliphatic rings. The van der Waals surface area contributed by atoms with Gasteiger partial charge >= 0.3 is 0 Å². The van der Waals surface area contributed by atoms with Gasteiger partial charge in [0.2, 0.25) is 0 Å². The van der Waals surface area contributed by atoms with Gasteiger partial charge in [-0.25, -0.2) is 4.98 Å². The third kappa shape index (κ3) is 2.02. The first-order valence-corrected chi connectivity index (χ1v) is 5.65. The van der Waals surface area contributed by atoms with Gasteiger partial charge < -0.3 is 10.3 Å². The van der Waals surface area contributed by atoms with E-state index < -0.39 is 0 Å². The number of benzene rings is 1. The molecule has 2 N–H and O–H groups in total. The summed E-state index contributed by atoms with van der Waals surface area (Å²) in [5.41, 5.74) is 2.18. The van der Waals surface area contributed by atoms with Crippen molar-refractivity contribution < 1.29 is 4.79 Å². The van der Waals surface area contributed by atoms with Gasteiger partial charge in [-0.1, -0.05) is 26.8 Å². The minimum atomic E-state index is -0.109. The molecule has 0 aliphatic carbocycles. The summed E-state index contributed by atoms with van der Waals surface area (Å²) in [4.78, 5) is 19.5. The Morgan fingerprint density at radius 2 is 2.06 bits per heavy atom. The number of carbonyl (C=O) groups excluding carboxylic acids is 1. The highest BCUT2D eigenvalue weighted by molar-refractivity contribution is 6.04. The lowest BCUT2D eigenvalue weighted by Crippen LogP contribution is -2.18. The summed E-state index contributed by atoms with van der Waals surface area (Å²) in [6, 6.07) is 5.58. The second-order valence-electron chi connectivity index (χ2n) is 5.12. The van der Waals surface area contributed by atoms with Crippen LogP contribution in [0.3, 0.4) is 0 Å². The predicted molar refractivity (Wildman–Crippen MR) is 68.2 cm³/mol. The van der Waals surface area contributed by atoms with Gasteiger partial charge in [-0.2, -0.15) is 0 Å². The Morgan fingerprint density at radius 3 is 2.65 bits per heavy atom. The molecule has 1 aromatic carbocycles. The first-order chi connectivity index (χ1) is 7.93. The zero-order chi connectivity index (χ0) is 12.6. The van der Waals surface area contributed by atoms with Crippen LogP contribution in [0.25, 0.3) is 11.0 Å². The summed E-state index contributed by atoms with van der Waals surface area (Å²) >= 11 is 0. The molecule has 17 heavy (non-hydrogen) atoms. The van der Waals surface area contributed by atoms with Gasteiger partial charge in [0.05, 0.1) is 11.1 Å². The van der Waals surface area contributed by atoms with Gasteiger partial charge in [0.25, 0.3) is 5.91 Å². The molecule has 4 heteroatoms. The van der Waals surface area contributed by atoms with Crippen LogP contribution >= 0.6 is 0 Å². The monoisotopic (exact) mass is 231 g/mol. The third-order valence-electron chi connectivity index (χ3n) is 2.69.